The van der Waals surface area contributed by atoms with E-state index < -0.39 is 23.8 Å². The summed E-state index contributed by atoms with van der Waals surface area (Å²) in [6.07, 6.45) is -0.636. The second-order valence-electron chi connectivity index (χ2n) is 8.53. The number of hydrogen-bond donors (Lipinski definition) is 1. The molecule has 0 spiro atoms. The molecule has 1 N–H and O–H groups in total. The summed E-state index contributed by atoms with van der Waals surface area (Å²) < 4.78 is 44.1. The average Bonchev–Trinajstić information content (AvgIpc) is 3.14. The summed E-state index contributed by atoms with van der Waals surface area (Å²) >= 11 is 0. The minimum atomic E-state index is -4.48. The molecule has 0 aliphatic carbocycles. The smallest absolute Gasteiger partial charge is 0.416 e. The van der Waals surface area contributed by atoms with E-state index in [1.807, 2.05) is 24.3 Å². The van der Waals surface area contributed by atoms with Crippen molar-refractivity contribution < 1.29 is 22.7 Å². The van der Waals surface area contributed by atoms with E-state index in [2.05, 4.69) is 20.4 Å². The number of nitrogens with one attached hydrogen (secondary N) is 1. The third kappa shape index (κ3) is 6.49. The molecule has 1 unspecified atom stereocenters. The van der Waals surface area contributed by atoms with E-state index in [0.29, 0.717) is 5.69 Å². The molecule has 9 heteroatoms. The van der Waals surface area contributed by atoms with Crippen molar-refractivity contribution >= 4 is 17.4 Å². The molecule has 0 radical (unpaired) electrons. The van der Waals surface area contributed by atoms with Crippen molar-refractivity contribution in [3.63, 3.8) is 0 Å². The number of anilines is 2. The summed E-state index contributed by atoms with van der Waals surface area (Å²) in [5.41, 5.74) is 1.28. The first-order chi connectivity index (χ1) is 16.8. The normalized spacial score (nSPS) is 15.3. The van der Waals surface area contributed by atoms with E-state index in [1.165, 1.54) is 44.7 Å². The summed E-state index contributed by atoms with van der Waals surface area (Å²) in [5.74, 6) is 0.381. The fraction of sp³-hybridized carbons (Fsp3) is 0.346. The van der Waals surface area contributed by atoms with E-state index in [1.54, 1.807) is 12.1 Å². The van der Waals surface area contributed by atoms with Gasteiger partial charge in [-0.05, 0) is 62.2 Å². The first kappa shape index (κ1) is 24.5. The van der Waals surface area contributed by atoms with Gasteiger partial charge in [-0.15, -0.1) is 10.2 Å². The molecule has 1 aliphatic rings. The Labute approximate surface area is 202 Å². The van der Waals surface area contributed by atoms with E-state index in [4.69, 9.17) is 4.74 Å². The molecule has 1 fully saturated rings. The van der Waals surface area contributed by atoms with Crippen molar-refractivity contribution in [2.75, 3.05) is 23.3 Å². The average molecular weight is 485 g/mol. The van der Waals surface area contributed by atoms with Crippen LogP contribution in [0.5, 0.6) is 5.75 Å². The number of nitrogens with zero attached hydrogens (tertiary/aromatic N) is 3. The van der Waals surface area contributed by atoms with Crippen LogP contribution < -0.4 is 15.0 Å². The van der Waals surface area contributed by atoms with Gasteiger partial charge < -0.3 is 15.0 Å². The summed E-state index contributed by atoms with van der Waals surface area (Å²) in [6.45, 7) is 3.47. The highest BCUT2D eigenvalue weighted by Crippen LogP contribution is 2.31. The van der Waals surface area contributed by atoms with Gasteiger partial charge in [0.1, 0.15) is 5.75 Å². The SMILES string of the molecule is CC(Oc1cccc(C(F)(F)F)c1)C(=O)Nc1ccc(-c2ccc(N3CCCCCC3)nn2)cc1. The Morgan fingerprint density at radius 2 is 1.69 bits per heavy atom. The van der Waals surface area contributed by atoms with Crippen LogP contribution in [0, 0.1) is 0 Å². The molecule has 184 valence electrons. The Kier molecular flexibility index (Phi) is 7.53. The molecule has 1 saturated heterocycles. The van der Waals surface area contributed by atoms with Crippen LogP contribution in [0.2, 0.25) is 0 Å². The van der Waals surface area contributed by atoms with Gasteiger partial charge in [0.15, 0.2) is 11.9 Å². The van der Waals surface area contributed by atoms with Crippen molar-refractivity contribution in [1.82, 2.24) is 10.2 Å². The van der Waals surface area contributed by atoms with Crippen LogP contribution in [0.3, 0.4) is 0 Å². The van der Waals surface area contributed by atoms with Gasteiger partial charge >= 0.3 is 6.18 Å². The predicted octanol–water partition coefficient (Wildman–Crippen LogP) is 5.95. The van der Waals surface area contributed by atoms with Crippen LogP contribution in [0.1, 0.15) is 38.2 Å². The summed E-state index contributed by atoms with van der Waals surface area (Å²) in [6, 6.07) is 15.5. The van der Waals surface area contributed by atoms with Crippen molar-refractivity contribution in [1.29, 1.82) is 0 Å². The molecule has 1 atom stereocenters. The van der Waals surface area contributed by atoms with Crippen LogP contribution in [0.15, 0.2) is 60.7 Å². The highest BCUT2D eigenvalue weighted by molar-refractivity contribution is 5.94. The van der Waals surface area contributed by atoms with E-state index in [9.17, 15) is 18.0 Å². The van der Waals surface area contributed by atoms with E-state index in [0.717, 1.165) is 42.3 Å². The van der Waals surface area contributed by atoms with Gasteiger partial charge in [0.05, 0.1) is 11.3 Å². The highest BCUT2D eigenvalue weighted by atomic mass is 19.4. The molecule has 1 aliphatic heterocycles. The molecular formula is C26H27F3N4O2. The van der Waals surface area contributed by atoms with Crippen LogP contribution in [0.4, 0.5) is 24.7 Å². The minimum Gasteiger partial charge on any atom is -0.481 e. The molecule has 1 aromatic heterocycles. The maximum Gasteiger partial charge on any atom is 0.416 e. The van der Waals surface area contributed by atoms with Gasteiger partial charge in [-0.2, -0.15) is 13.2 Å². The molecule has 0 saturated carbocycles. The zero-order chi connectivity index (χ0) is 24.8. The van der Waals surface area contributed by atoms with E-state index in [-0.39, 0.29) is 5.75 Å². The van der Waals surface area contributed by atoms with Gasteiger partial charge in [-0.1, -0.05) is 31.0 Å². The number of carbonyl (C=O) groups is 1. The third-order valence-corrected chi connectivity index (χ3v) is 5.87. The lowest BCUT2D eigenvalue weighted by molar-refractivity contribution is -0.137. The number of halogens is 3. The third-order valence-electron chi connectivity index (χ3n) is 5.87. The number of amides is 1. The maximum atomic E-state index is 12.9. The lowest BCUT2D eigenvalue weighted by Gasteiger charge is -2.20. The standard InChI is InChI=1S/C26H27F3N4O2/c1-18(35-22-8-6-7-20(17-22)26(27,28)29)25(34)30-21-11-9-19(10-12-21)23-13-14-24(32-31-23)33-15-4-2-3-5-16-33/h6-14,17-18H,2-5,15-16H2,1H3,(H,30,34). The molecule has 3 aromatic rings. The Morgan fingerprint density at radius 1 is 0.971 bits per heavy atom. The number of benzene rings is 2. The molecule has 0 bridgehead atoms. The van der Waals surface area contributed by atoms with Gasteiger partial charge in [0, 0.05) is 24.3 Å². The first-order valence-electron chi connectivity index (χ1n) is 11.6. The quantitative estimate of drug-likeness (QED) is 0.468. The molecule has 2 heterocycles. The van der Waals surface area contributed by atoms with Crippen LogP contribution in [-0.2, 0) is 11.0 Å². The lowest BCUT2D eigenvalue weighted by Crippen LogP contribution is -2.30. The van der Waals surface area contributed by atoms with Crippen LogP contribution in [-0.4, -0.2) is 35.3 Å². The number of ether oxygens (including phenoxy) is 1. The van der Waals surface area contributed by atoms with Crippen molar-refractivity contribution in [3.8, 4) is 17.0 Å². The highest BCUT2D eigenvalue weighted by Gasteiger charge is 2.31. The second kappa shape index (κ2) is 10.8. The number of rotatable bonds is 6. The number of alkyl halides is 3. The Morgan fingerprint density at radius 3 is 2.31 bits per heavy atom. The van der Waals surface area contributed by atoms with E-state index >= 15 is 0 Å². The fourth-order valence-electron chi connectivity index (χ4n) is 3.92. The Balaban J connectivity index is 1.35. The number of aromatic nitrogens is 2. The van der Waals surface area contributed by atoms with Crippen molar-refractivity contribution in [2.24, 2.45) is 0 Å². The molecule has 35 heavy (non-hydrogen) atoms. The fourth-order valence-corrected chi connectivity index (χ4v) is 3.92. The topological polar surface area (TPSA) is 67.3 Å². The van der Waals surface area contributed by atoms with Gasteiger partial charge in [-0.25, -0.2) is 0 Å². The lowest BCUT2D eigenvalue weighted by atomic mass is 10.1. The minimum absolute atomic E-state index is 0.0278. The van der Waals surface area contributed by atoms with Gasteiger partial charge in [0.2, 0.25) is 0 Å². The molecule has 4 rings (SSSR count). The summed E-state index contributed by atoms with van der Waals surface area (Å²) in [4.78, 5) is 14.7. The monoisotopic (exact) mass is 484 g/mol. The first-order valence-corrected chi connectivity index (χ1v) is 11.6. The van der Waals surface area contributed by atoms with Gasteiger partial charge in [-0.3, -0.25) is 4.79 Å². The Hall–Kier alpha value is -3.62. The molecule has 1 amide bonds. The molecular weight excluding hydrogens is 457 g/mol. The van der Waals surface area contributed by atoms with Crippen molar-refractivity contribution in [2.45, 2.75) is 44.9 Å². The van der Waals surface area contributed by atoms with Crippen LogP contribution in [0.25, 0.3) is 11.3 Å². The second-order valence-corrected chi connectivity index (χ2v) is 8.53. The number of carbonyl (C=O) groups excluding carboxylic acids is 1. The maximum absolute atomic E-state index is 12.9. The Bertz CT molecular complexity index is 1130. The van der Waals surface area contributed by atoms with Crippen LogP contribution >= 0.6 is 0 Å². The zero-order valence-corrected chi connectivity index (χ0v) is 19.4. The molecule has 6 nitrogen and oxygen atoms in total. The predicted molar refractivity (Wildman–Crippen MR) is 128 cm³/mol. The summed E-state index contributed by atoms with van der Waals surface area (Å²) in [7, 11) is 0. The summed E-state index contributed by atoms with van der Waals surface area (Å²) in [5, 5.41) is 11.5. The zero-order valence-electron chi connectivity index (χ0n) is 19.4. The van der Waals surface area contributed by atoms with Crippen molar-refractivity contribution in [3.05, 3.63) is 66.2 Å². The largest absolute Gasteiger partial charge is 0.481 e. The van der Waals surface area contributed by atoms with Gasteiger partial charge in [0.25, 0.3) is 5.91 Å². The molecule has 2 aromatic carbocycles. The number of hydrogen-bond acceptors (Lipinski definition) is 5.